The van der Waals surface area contributed by atoms with Gasteiger partial charge in [0.2, 0.25) is 11.9 Å². The molecule has 0 spiro atoms. The van der Waals surface area contributed by atoms with Gasteiger partial charge in [-0.2, -0.15) is 4.98 Å². The Labute approximate surface area is 193 Å². The first kappa shape index (κ1) is 23.1. The maximum atomic E-state index is 12.6. The van der Waals surface area contributed by atoms with Gasteiger partial charge in [-0.1, -0.05) is 34.1 Å². The zero-order valence-electron chi connectivity index (χ0n) is 16.7. The van der Waals surface area contributed by atoms with Gasteiger partial charge in [0.25, 0.3) is 5.56 Å². The molecule has 10 nitrogen and oxygen atoms in total. The van der Waals surface area contributed by atoms with E-state index in [9.17, 15) is 14.4 Å². The quantitative estimate of drug-likeness (QED) is 0.257. The summed E-state index contributed by atoms with van der Waals surface area (Å²) in [7, 11) is 0. The molecule has 2 heterocycles. The largest absolute Gasteiger partial charge is 0.463 e. The molecule has 1 N–H and O–H groups in total. The third-order valence-electron chi connectivity index (χ3n) is 4.22. The number of carbonyl (C=O) groups excluding carboxylic acids is 2. The van der Waals surface area contributed by atoms with Gasteiger partial charge >= 0.3 is 5.97 Å². The number of aromatic nitrogens is 4. The Morgan fingerprint density at radius 2 is 1.90 bits per heavy atom. The number of nitrogens with one attached hydrogen (secondary N) is 1. The molecule has 0 bridgehead atoms. The maximum absolute atomic E-state index is 12.6. The Kier molecular flexibility index (Phi) is 7.57. The number of esters is 1. The smallest absolute Gasteiger partial charge is 0.302 e. The molecule has 1 amide bonds. The van der Waals surface area contributed by atoms with E-state index in [0.717, 1.165) is 10.0 Å². The standard InChI is InChI=1S/C19H19Br2N5O5/c1-11(27)25(9-13-5-3-4-6-14(13)20)19-23-16-15(17(29)24-19)22-18(21)26(16)10-30-7-8-31-12(2)28/h3-6H,7-10H2,1-2H3,(H,23,24,29). The molecule has 12 heteroatoms. The van der Waals surface area contributed by atoms with Crippen LogP contribution in [0, 0.1) is 0 Å². The van der Waals surface area contributed by atoms with Crippen LogP contribution in [-0.2, 0) is 32.3 Å². The number of carbonyl (C=O) groups is 2. The first-order valence-electron chi connectivity index (χ1n) is 9.16. The SMILES string of the molecule is CC(=O)OCCOCn1c(Br)nc2c(=O)[nH]c(N(Cc3ccccc3Br)C(C)=O)nc21. The van der Waals surface area contributed by atoms with E-state index in [4.69, 9.17) is 9.47 Å². The van der Waals surface area contributed by atoms with E-state index >= 15 is 0 Å². The molecule has 31 heavy (non-hydrogen) atoms. The van der Waals surface area contributed by atoms with Gasteiger partial charge in [-0.25, -0.2) is 4.98 Å². The summed E-state index contributed by atoms with van der Waals surface area (Å²) in [6, 6.07) is 7.47. The van der Waals surface area contributed by atoms with Crippen molar-refractivity contribution in [3.63, 3.8) is 0 Å². The highest BCUT2D eigenvalue weighted by atomic mass is 79.9. The van der Waals surface area contributed by atoms with Crippen molar-refractivity contribution >= 4 is 60.8 Å². The first-order valence-corrected chi connectivity index (χ1v) is 10.7. The molecule has 3 aromatic rings. The van der Waals surface area contributed by atoms with Crippen LogP contribution in [0.25, 0.3) is 11.2 Å². The van der Waals surface area contributed by atoms with E-state index in [1.807, 2.05) is 24.3 Å². The molecular formula is C19H19Br2N5O5. The summed E-state index contributed by atoms with van der Waals surface area (Å²) in [5.41, 5.74) is 0.710. The molecular weight excluding hydrogens is 538 g/mol. The minimum absolute atomic E-state index is 0.0124. The van der Waals surface area contributed by atoms with E-state index in [1.165, 1.54) is 18.7 Å². The number of nitrogens with zero attached hydrogens (tertiary/aromatic N) is 4. The fourth-order valence-corrected chi connectivity index (χ4v) is 3.61. The third kappa shape index (κ3) is 5.57. The monoisotopic (exact) mass is 555 g/mol. The van der Waals surface area contributed by atoms with Crippen LogP contribution in [0.15, 0.2) is 38.3 Å². The van der Waals surface area contributed by atoms with E-state index < -0.39 is 11.5 Å². The van der Waals surface area contributed by atoms with Crippen LogP contribution >= 0.6 is 31.9 Å². The fraction of sp³-hybridized carbons (Fsp3) is 0.316. The number of aromatic amines is 1. The number of fused-ring (bicyclic) bond motifs is 1. The molecule has 0 saturated heterocycles. The average Bonchev–Trinajstić information content (AvgIpc) is 3.02. The van der Waals surface area contributed by atoms with Crippen LogP contribution in [-0.4, -0.2) is 44.6 Å². The van der Waals surface area contributed by atoms with Crippen molar-refractivity contribution in [2.45, 2.75) is 27.1 Å². The molecule has 0 aliphatic rings. The number of amides is 1. The Balaban J connectivity index is 1.91. The highest BCUT2D eigenvalue weighted by Gasteiger charge is 2.20. The number of hydrogen-bond donors (Lipinski definition) is 1. The number of benzene rings is 1. The minimum Gasteiger partial charge on any atom is -0.463 e. The van der Waals surface area contributed by atoms with Crippen molar-refractivity contribution in [2.75, 3.05) is 18.1 Å². The molecule has 0 unspecified atom stereocenters. The topological polar surface area (TPSA) is 119 Å². The Hall–Kier alpha value is -2.57. The average molecular weight is 557 g/mol. The van der Waals surface area contributed by atoms with Crippen LogP contribution in [0.3, 0.4) is 0 Å². The summed E-state index contributed by atoms with van der Waals surface area (Å²) in [4.78, 5) is 48.4. The number of rotatable bonds is 8. The predicted molar refractivity (Wildman–Crippen MR) is 119 cm³/mol. The number of halogens is 2. The van der Waals surface area contributed by atoms with Crippen LogP contribution < -0.4 is 10.5 Å². The lowest BCUT2D eigenvalue weighted by molar-refractivity contribution is -0.142. The Morgan fingerprint density at radius 1 is 1.16 bits per heavy atom. The summed E-state index contributed by atoms with van der Waals surface area (Å²) in [6.45, 7) is 3.18. The summed E-state index contributed by atoms with van der Waals surface area (Å²) >= 11 is 6.76. The van der Waals surface area contributed by atoms with Crippen molar-refractivity contribution < 1.29 is 19.1 Å². The number of hydrogen-bond acceptors (Lipinski definition) is 7. The van der Waals surface area contributed by atoms with Crippen molar-refractivity contribution in [2.24, 2.45) is 0 Å². The second-order valence-corrected chi connectivity index (χ2v) is 8.01. The van der Waals surface area contributed by atoms with Crippen LogP contribution in [0.1, 0.15) is 19.4 Å². The number of H-pyrrole nitrogens is 1. The summed E-state index contributed by atoms with van der Waals surface area (Å²) in [6.07, 6.45) is 0. The van der Waals surface area contributed by atoms with Gasteiger partial charge in [-0.05, 0) is 27.6 Å². The highest BCUT2D eigenvalue weighted by molar-refractivity contribution is 9.10. The van der Waals surface area contributed by atoms with Gasteiger partial charge in [0.05, 0.1) is 13.2 Å². The molecule has 0 atom stereocenters. The Morgan fingerprint density at radius 3 is 2.58 bits per heavy atom. The van der Waals surface area contributed by atoms with Crippen LogP contribution in [0.5, 0.6) is 0 Å². The second kappa shape index (κ2) is 10.2. The van der Waals surface area contributed by atoms with Gasteiger partial charge in [-0.15, -0.1) is 0 Å². The van der Waals surface area contributed by atoms with Crippen molar-refractivity contribution in [3.05, 3.63) is 49.4 Å². The maximum Gasteiger partial charge on any atom is 0.302 e. The molecule has 2 aromatic heterocycles. The summed E-state index contributed by atoms with van der Waals surface area (Å²) < 4.78 is 13.0. The van der Waals surface area contributed by atoms with Crippen molar-refractivity contribution in [1.82, 2.24) is 19.5 Å². The van der Waals surface area contributed by atoms with Gasteiger partial charge in [0.15, 0.2) is 15.9 Å². The first-order chi connectivity index (χ1) is 14.8. The molecule has 0 fully saturated rings. The van der Waals surface area contributed by atoms with E-state index in [0.29, 0.717) is 4.73 Å². The lowest BCUT2D eigenvalue weighted by atomic mass is 10.2. The van der Waals surface area contributed by atoms with E-state index in [-0.39, 0.29) is 49.5 Å². The van der Waals surface area contributed by atoms with Crippen LogP contribution in [0.4, 0.5) is 5.95 Å². The highest BCUT2D eigenvalue weighted by Crippen LogP contribution is 2.22. The summed E-state index contributed by atoms with van der Waals surface area (Å²) in [5, 5.41) is 0. The molecule has 0 aliphatic heterocycles. The lowest BCUT2D eigenvalue weighted by Crippen LogP contribution is -2.31. The Bertz CT molecular complexity index is 1180. The van der Waals surface area contributed by atoms with Gasteiger partial charge in [-0.3, -0.25) is 28.8 Å². The van der Waals surface area contributed by atoms with E-state index in [2.05, 4.69) is 46.8 Å². The zero-order valence-corrected chi connectivity index (χ0v) is 19.9. The number of imidazole rings is 1. The molecule has 0 saturated carbocycles. The van der Waals surface area contributed by atoms with Crippen molar-refractivity contribution in [3.8, 4) is 0 Å². The van der Waals surface area contributed by atoms with Gasteiger partial charge < -0.3 is 9.47 Å². The molecule has 1 aromatic carbocycles. The molecule has 0 aliphatic carbocycles. The lowest BCUT2D eigenvalue weighted by Gasteiger charge is -2.20. The number of anilines is 1. The molecule has 164 valence electrons. The molecule has 0 radical (unpaired) electrons. The van der Waals surface area contributed by atoms with Crippen molar-refractivity contribution in [1.29, 1.82) is 0 Å². The fourth-order valence-electron chi connectivity index (χ4n) is 2.75. The third-order valence-corrected chi connectivity index (χ3v) is 5.60. The van der Waals surface area contributed by atoms with Gasteiger partial charge in [0.1, 0.15) is 13.3 Å². The van der Waals surface area contributed by atoms with Gasteiger partial charge in [0, 0.05) is 18.3 Å². The molecule has 3 rings (SSSR count). The normalized spacial score (nSPS) is 11.0. The predicted octanol–water partition coefficient (Wildman–Crippen LogP) is 2.73. The second-order valence-electron chi connectivity index (χ2n) is 6.44. The van der Waals surface area contributed by atoms with Crippen LogP contribution in [0.2, 0.25) is 0 Å². The zero-order chi connectivity index (χ0) is 22.5. The summed E-state index contributed by atoms with van der Waals surface area (Å²) in [5.74, 6) is -0.597. The minimum atomic E-state index is -0.488. The number of ether oxygens (including phenoxy) is 2. The van der Waals surface area contributed by atoms with E-state index in [1.54, 1.807) is 4.57 Å².